The summed E-state index contributed by atoms with van der Waals surface area (Å²) in [5.74, 6) is -0.262. The van der Waals surface area contributed by atoms with Crippen LogP contribution in [0.2, 0.25) is 0 Å². The highest BCUT2D eigenvalue weighted by Crippen LogP contribution is 2.10. The Balaban J connectivity index is 2.54. The number of amides is 2. The van der Waals surface area contributed by atoms with Gasteiger partial charge in [0.1, 0.15) is 0 Å². The number of anilines is 1. The molecule has 1 rings (SSSR count). The largest absolute Gasteiger partial charge is 0.332 e. The van der Waals surface area contributed by atoms with Crippen LogP contribution < -0.4 is 5.32 Å². The van der Waals surface area contributed by atoms with Crippen molar-refractivity contribution in [3.8, 4) is 0 Å². The molecule has 5 nitrogen and oxygen atoms in total. The SMILES string of the molecule is CCc1ccc(NC(=O)CN(CCN(C)C)C(C)=O)cc1. The number of carbonyl (C=O) groups is 2. The molecule has 1 aromatic carbocycles. The molecular weight excluding hydrogens is 266 g/mol. The van der Waals surface area contributed by atoms with Crippen molar-refractivity contribution in [2.24, 2.45) is 0 Å². The van der Waals surface area contributed by atoms with E-state index in [0.29, 0.717) is 6.54 Å². The number of aryl methyl sites for hydroxylation is 1. The first-order valence-corrected chi connectivity index (χ1v) is 7.21. The molecule has 1 N–H and O–H groups in total. The monoisotopic (exact) mass is 291 g/mol. The van der Waals surface area contributed by atoms with E-state index in [1.165, 1.54) is 12.5 Å². The average molecular weight is 291 g/mol. The van der Waals surface area contributed by atoms with E-state index in [0.717, 1.165) is 18.7 Å². The third kappa shape index (κ3) is 6.40. The summed E-state index contributed by atoms with van der Waals surface area (Å²) in [6, 6.07) is 7.75. The van der Waals surface area contributed by atoms with Crippen LogP contribution in [-0.2, 0) is 16.0 Å². The minimum absolute atomic E-state index is 0.0820. The van der Waals surface area contributed by atoms with Gasteiger partial charge in [0.05, 0.1) is 6.54 Å². The molecule has 0 aliphatic rings. The van der Waals surface area contributed by atoms with E-state index in [1.807, 2.05) is 43.3 Å². The third-order valence-electron chi connectivity index (χ3n) is 3.24. The van der Waals surface area contributed by atoms with E-state index in [4.69, 9.17) is 0 Å². The number of carbonyl (C=O) groups excluding carboxylic acids is 2. The molecule has 5 heteroatoms. The maximum atomic E-state index is 12.0. The van der Waals surface area contributed by atoms with Gasteiger partial charge in [-0.3, -0.25) is 9.59 Å². The van der Waals surface area contributed by atoms with Gasteiger partial charge in [0.15, 0.2) is 0 Å². The van der Waals surface area contributed by atoms with Gasteiger partial charge in [-0.1, -0.05) is 19.1 Å². The number of nitrogens with zero attached hydrogens (tertiary/aromatic N) is 2. The van der Waals surface area contributed by atoms with Gasteiger partial charge in [-0.15, -0.1) is 0 Å². The lowest BCUT2D eigenvalue weighted by atomic mass is 10.1. The molecule has 2 amide bonds. The van der Waals surface area contributed by atoms with Crippen LogP contribution in [0.15, 0.2) is 24.3 Å². The predicted molar refractivity (Wildman–Crippen MR) is 85.3 cm³/mol. The molecule has 21 heavy (non-hydrogen) atoms. The average Bonchev–Trinajstić information content (AvgIpc) is 2.43. The second kappa shape index (κ2) is 8.42. The summed E-state index contributed by atoms with van der Waals surface area (Å²) in [6.07, 6.45) is 0.969. The fourth-order valence-electron chi connectivity index (χ4n) is 1.87. The molecule has 1 aromatic rings. The quantitative estimate of drug-likeness (QED) is 0.830. The van der Waals surface area contributed by atoms with Crippen LogP contribution in [0.5, 0.6) is 0 Å². The smallest absolute Gasteiger partial charge is 0.243 e. The Bertz CT molecular complexity index is 469. The molecule has 0 aliphatic heterocycles. The molecule has 0 heterocycles. The van der Waals surface area contributed by atoms with Gasteiger partial charge in [-0.05, 0) is 38.2 Å². The second-order valence-corrected chi connectivity index (χ2v) is 5.34. The van der Waals surface area contributed by atoms with Crippen molar-refractivity contribution in [2.45, 2.75) is 20.3 Å². The number of rotatable bonds is 7. The van der Waals surface area contributed by atoms with Crippen molar-refractivity contribution in [1.29, 1.82) is 0 Å². The summed E-state index contributed by atoms with van der Waals surface area (Å²) in [4.78, 5) is 27.1. The summed E-state index contributed by atoms with van der Waals surface area (Å²) in [6.45, 7) is 4.93. The van der Waals surface area contributed by atoms with Crippen molar-refractivity contribution >= 4 is 17.5 Å². The molecule has 0 saturated heterocycles. The first-order chi connectivity index (χ1) is 9.92. The molecule has 0 fully saturated rings. The minimum Gasteiger partial charge on any atom is -0.332 e. The van der Waals surface area contributed by atoms with Gasteiger partial charge < -0.3 is 15.1 Å². The molecule has 0 bridgehead atoms. The van der Waals surface area contributed by atoms with E-state index in [-0.39, 0.29) is 18.4 Å². The number of nitrogens with one attached hydrogen (secondary N) is 1. The highest BCUT2D eigenvalue weighted by molar-refractivity contribution is 5.94. The highest BCUT2D eigenvalue weighted by atomic mass is 16.2. The molecule has 0 unspecified atom stereocenters. The van der Waals surface area contributed by atoms with Crippen molar-refractivity contribution in [3.05, 3.63) is 29.8 Å². The second-order valence-electron chi connectivity index (χ2n) is 5.34. The number of hydrogen-bond donors (Lipinski definition) is 1. The fraction of sp³-hybridized carbons (Fsp3) is 0.500. The van der Waals surface area contributed by atoms with Crippen molar-refractivity contribution in [1.82, 2.24) is 9.80 Å². The zero-order valence-corrected chi connectivity index (χ0v) is 13.3. The maximum absolute atomic E-state index is 12.0. The van der Waals surface area contributed by atoms with E-state index < -0.39 is 0 Å². The highest BCUT2D eigenvalue weighted by Gasteiger charge is 2.13. The molecule has 0 radical (unpaired) electrons. The summed E-state index contributed by atoms with van der Waals surface area (Å²) < 4.78 is 0. The number of benzene rings is 1. The number of hydrogen-bond acceptors (Lipinski definition) is 3. The molecule has 116 valence electrons. The van der Waals surface area contributed by atoms with Gasteiger partial charge in [-0.25, -0.2) is 0 Å². The van der Waals surface area contributed by atoms with Gasteiger partial charge in [0, 0.05) is 25.7 Å². The Labute approximate surface area is 126 Å². The van der Waals surface area contributed by atoms with Crippen molar-refractivity contribution in [3.63, 3.8) is 0 Å². The van der Waals surface area contributed by atoms with Gasteiger partial charge in [0.2, 0.25) is 11.8 Å². The van der Waals surface area contributed by atoms with Crippen molar-refractivity contribution < 1.29 is 9.59 Å². The van der Waals surface area contributed by atoms with Gasteiger partial charge in [-0.2, -0.15) is 0 Å². The predicted octanol–water partition coefficient (Wildman–Crippen LogP) is 1.60. The molecule has 0 saturated carbocycles. The summed E-state index contributed by atoms with van der Waals surface area (Å²) in [5.41, 5.74) is 1.98. The Hall–Kier alpha value is -1.88. The normalized spacial score (nSPS) is 10.5. The molecular formula is C16H25N3O2. The van der Waals surface area contributed by atoms with Crippen molar-refractivity contribution in [2.75, 3.05) is 39.0 Å². The first-order valence-electron chi connectivity index (χ1n) is 7.21. The van der Waals surface area contributed by atoms with Gasteiger partial charge in [0.25, 0.3) is 0 Å². The Morgan fingerprint density at radius 1 is 1.10 bits per heavy atom. The minimum atomic E-state index is -0.173. The van der Waals surface area contributed by atoms with E-state index >= 15 is 0 Å². The van der Waals surface area contributed by atoms with Crippen LogP contribution in [0.25, 0.3) is 0 Å². The van der Waals surface area contributed by atoms with Gasteiger partial charge >= 0.3 is 0 Å². The maximum Gasteiger partial charge on any atom is 0.243 e. The van der Waals surface area contributed by atoms with Crippen LogP contribution in [0, 0.1) is 0 Å². The lowest BCUT2D eigenvalue weighted by Crippen LogP contribution is -2.40. The van der Waals surface area contributed by atoms with E-state index in [1.54, 1.807) is 4.90 Å². The summed E-state index contributed by atoms with van der Waals surface area (Å²) in [7, 11) is 3.88. The first kappa shape index (κ1) is 17.2. The molecule has 0 atom stereocenters. The lowest BCUT2D eigenvalue weighted by Gasteiger charge is -2.22. The molecule has 0 spiro atoms. The van der Waals surface area contributed by atoms with Crippen LogP contribution in [0.3, 0.4) is 0 Å². The standard InChI is InChI=1S/C16H25N3O2/c1-5-14-6-8-15(9-7-14)17-16(21)12-19(13(2)20)11-10-18(3)4/h6-9H,5,10-12H2,1-4H3,(H,17,21). The fourth-order valence-corrected chi connectivity index (χ4v) is 1.87. The third-order valence-corrected chi connectivity index (χ3v) is 3.24. The molecule has 0 aromatic heterocycles. The topological polar surface area (TPSA) is 52.7 Å². The summed E-state index contributed by atoms with van der Waals surface area (Å²) in [5, 5.41) is 2.82. The van der Waals surface area contributed by atoms with Crippen LogP contribution in [-0.4, -0.2) is 55.3 Å². The zero-order chi connectivity index (χ0) is 15.8. The van der Waals surface area contributed by atoms with E-state index in [2.05, 4.69) is 12.2 Å². The Morgan fingerprint density at radius 2 is 1.71 bits per heavy atom. The Kier molecular flexibility index (Phi) is 6.88. The molecule has 0 aliphatic carbocycles. The Morgan fingerprint density at radius 3 is 2.19 bits per heavy atom. The zero-order valence-electron chi connectivity index (χ0n) is 13.3. The van der Waals surface area contributed by atoms with E-state index in [9.17, 15) is 9.59 Å². The number of likely N-dealkylation sites (N-methyl/N-ethyl adjacent to an activating group) is 1. The van der Waals surface area contributed by atoms with Crippen LogP contribution in [0.1, 0.15) is 19.4 Å². The van der Waals surface area contributed by atoms with Crippen LogP contribution in [0.4, 0.5) is 5.69 Å². The van der Waals surface area contributed by atoms with Crippen LogP contribution >= 0.6 is 0 Å². The summed E-state index contributed by atoms with van der Waals surface area (Å²) >= 11 is 0. The lowest BCUT2D eigenvalue weighted by molar-refractivity contribution is -0.132.